The highest BCUT2D eigenvalue weighted by Crippen LogP contribution is 2.35. The van der Waals surface area contributed by atoms with Crippen LogP contribution in [0.2, 0.25) is 10.0 Å². The second kappa shape index (κ2) is 5.64. The smallest absolute Gasteiger partial charge is 0.131 e. The molecule has 0 saturated heterocycles. The fourth-order valence-corrected chi connectivity index (χ4v) is 3.15. The number of hydrogen-bond acceptors (Lipinski definition) is 1. The summed E-state index contributed by atoms with van der Waals surface area (Å²) in [6.07, 6.45) is 0. The summed E-state index contributed by atoms with van der Waals surface area (Å²) in [5, 5.41) is 2.31. The zero-order chi connectivity index (χ0) is 15.0. The van der Waals surface area contributed by atoms with Crippen molar-refractivity contribution in [3.63, 3.8) is 0 Å². The lowest BCUT2D eigenvalue weighted by atomic mass is 9.94. The van der Waals surface area contributed by atoms with Gasteiger partial charge in [-0.05, 0) is 29.1 Å². The van der Waals surface area contributed by atoms with Gasteiger partial charge in [-0.1, -0.05) is 59.6 Å². The Morgan fingerprint density at radius 2 is 1.43 bits per heavy atom. The normalized spacial score (nSPS) is 12.6. The van der Waals surface area contributed by atoms with Crippen LogP contribution in [0.4, 0.5) is 4.39 Å². The van der Waals surface area contributed by atoms with Crippen molar-refractivity contribution < 1.29 is 4.39 Å². The Kier molecular flexibility index (Phi) is 3.85. The summed E-state index contributed by atoms with van der Waals surface area (Å²) in [5.41, 5.74) is 7.79. The number of hydrogen-bond donors (Lipinski definition) is 1. The summed E-state index contributed by atoms with van der Waals surface area (Å²) in [4.78, 5) is 0. The molecule has 0 aliphatic carbocycles. The predicted molar refractivity (Wildman–Crippen MR) is 86.4 cm³/mol. The molecule has 0 aromatic heterocycles. The van der Waals surface area contributed by atoms with Crippen molar-refractivity contribution in [2.75, 3.05) is 0 Å². The minimum absolute atomic E-state index is 0.271. The Hall–Kier alpha value is -1.61. The molecule has 3 rings (SSSR count). The van der Waals surface area contributed by atoms with E-state index < -0.39 is 6.04 Å². The van der Waals surface area contributed by atoms with Crippen LogP contribution >= 0.6 is 23.2 Å². The van der Waals surface area contributed by atoms with E-state index in [-0.39, 0.29) is 5.82 Å². The molecule has 0 saturated carbocycles. The topological polar surface area (TPSA) is 26.0 Å². The minimum Gasteiger partial charge on any atom is -0.320 e. The van der Waals surface area contributed by atoms with Crippen LogP contribution in [0.15, 0.2) is 54.6 Å². The monoisotopic (exact) mass is 319 g/mol. The van der Waals surface area contributed by atoms with Crippen LogP contribution in [-0.2, 0) is 0 Å². The highest BCUT2D eigenvalue weighted by molar-refractivity contribution is 6.36. The Balaban J connectivity index is 2.23. The lowest BCUT2D eigenvalue weighted by molar-refractivity contribution is 0.639. The summed E-state index contributed by atoms with van der Waals surface area (Å²) in [7, 11) is 0. The Bertz CT molecular complexity index is 797. The third-order valence-corrected chi connectivity index (χ3v) is 4.21. The predicted octanol–water partition coefficient (Wildman–Crippen LogP) is 5.33. The van der Waals surface area contributed by atoms with Gasteiger partial charge in [-0.15, -0.1) is 0 Å². The highest BCUT2D eigenvalue weighted by Gasteiger charge is 2.18. The number of halogens is 3. The lowest BCUT2D eigenvalue weighted by Gasteiger charge is -2.18. The largest absolute Gasteiger partial charge is 0.320 e. The minimum atomic E-state index is -0.517. The third kappa shape index (κ3) is 2.51. The molecular weight excluding hydrogens is 308 g/mol. The molecule has 1 unspecified atom stereocenters. The van der Waals surface area contributed by atoms with E-state index in [9.17, 15) is 4.39 Å². The van der Waals surface area contributed by atoms with Gasteiger partial charge < -0.3 is 5.73 Å². The molecule has 2 N–H and O–H groups in total. The first kappa shape index (κ1) is 14.3. The van der Waals surface area contributed by atoms with Crippen molar-refractivity contribution in [1.82, 2.24) is 0 Å². The van der Waals surface area contributed by atoms with Crippen molar-refractivity contribution in [3.05, 3.63) is 81.6 Å². The fraction of sp³-hybridized carbons (Fsp3) is 0.0588. The van der Waals surface area contributed by atoms with Crippen LogP contribution in [0, 0.1) is 5.82 Å². The van der Waals surface area contributed by atoms with Gasteiger partial charge in [0.25, 0.3) is 0 Å². The molecule has 3 aromatic carbocycles. The van der Waals surface area contributed by atoms with E-state index >= 15 is 0 Å². The van der Waals surface area contributed by atoms with Crippen molar-refractivity contribution in [2.45, 2.75) is 6.04 Å². The van der Waals surface area contributed by atoms with Gasteiger partial charge >= 0.3 is 0 Å². The zero-order valence-corrected chi connectivity index (χ0v) is 12.5. The van der Waals surface area contributed by atoms with E-state index in [0.29, 0.717) is 21.0 Å². The molecule has 0 spiro atoms. The molecule has 0 amide bonds. The molecule has 3 aromatic rings. The van der Waals surface area contributed by atoms with E-state index in [4.69, 9.17) is 28.9 Å². The van der Waals surface area contributed by atoms with E-state index in [1.165, 1.54) is 6.07 Å². The Labute approximate surface area is 132 Å². The van der Waals surface area contributed by atoms with Crippen LogP contribution in [0.5, 0.6) is 0 Å². The number of nitrogens with two attached hydrogens (primary N) is 1. The molecule has 21 heavy (non-hydrogen) atoms. The molecule has 0 bridgehead atoms. The Morgan fingerprint density at radius 1 is 0.810 bits per heavy atom. The fourth-order valence-electron chi connectivity index (χ4n) is 2.52. The van der Waals surface area contributed by atoms with E-state index in [1.807, 2.05) is 12.1 Å². The molecule has 0 heterocycles. The average molecular weight is 320 g/mol. The maximum Gasteiger partial charge on any atom is 0.131 e. The lowest BCUT2D eigenvalue weighted by Crippen LogP contribution is -2.13. The van der Waals surface area contributed by atoms with Gasteiger partial charge in [0.05, 0.1) is 6.04 Å². The van der Waals surface area contributed by atoms with E-state index in [0.717, 1.165) is 10.9 Å². The first-order chi connectivity index (χ1) is 10.1. The quantitative estimate of drug-likeness (QED) is 0.678. The molecule has 1 atom stereocenters. The van der Waals surface area contributed by atoms with Gasteiger partial charge in [0.15, 0.2) is 0 Å². The molecule has 106 valence electrons. The maximum absolute atomic E-state index is 13.9. The first-order valence-electron chi connectivity index (χ1n) is 6.46. The van der Waals surface area contributed by atoms with Gasteiger partial charge in [0.1, 0.15) is 5.82 Å². The standard InChI is InChI=1S/C17H12Cl2FN/c18-13-6-3-7-14(19)16(13)17(21)12-8-9-15(20)11-5-2-1-4-10(11)12/h1-9,17H,21H2. The first-order valence-corrected chi connectivity index (χ1v) is 7.22. The average Bonchev–Trinajstić information content (AvgIpc) is 2.47. The third-order valence-electron chi connectivity index (χ3n) is 3.55. The van der Waals surface area contributed by atoms with Crippen molar-refractivity contribution in [3.8, 4) is 0 Å². The number of benzene rings is 3. The van der Waals surface area contributed by atoms with Crippen LogP contribution < -0.4 is 5.73 Å². The molecular formula is C17H12Cl2FN. The molecule has 0 aliphatic rings. The second-order valence-electron chi connectivity index (χ2n) is 4.80. The second-order valence-corrected chi connectivity index (χ2v) is 5.61. The van der Waals surface area contributed by atoms with Crippen LogP contribution in [0.3, 0.4) is 0 Å². The summed E-state index contributed by atoms with van der Waals surface area (Å²) < 4.78 is 13.9. The van der Waals surface area contributed by atoms with Gasteiger partial charge in [-0.25, -0.2) is 4.39 Å². The highest BCUT2D eigenvalue weighted by atomic mass is 35.5. The molecule has 4 heteroatoms. The summed E-state index contributed by atoms with van der Waals surface area (Å²) in [6.45, 7) is 0. The van der Waals surface area contributed by atoms with Gasteiger partial charge in [0, 0.05) is 21.0 Å². The SMILES string of the molecule is NC(c1c(Cl)cccc1Cl)c1ccc(F)c2ccccc12. The summed E-state index contributed by atoms with van der Waals surface area (Å²) in [6, 6.07) is 15.1. The van der Waals surface area contributed by atoms with Crippen molar-refractivity contribution in [2.24, 2.45) is 5.73 Å². The van der Waals surface area contributed by atoms with Gasteiger partial charge in [-0.2, -0.15) is 0 Å². The van der Waals surface area contributed by atoms with Crippen LogP contribution in [0.25, 0.3) is 10.8 Å². The van der Waals surface area contributed by atoms with E-state index in [1.54, 1.807) is 36.4 Å². The van der Waals surface area contributed by atoms with E-state index in [2.05, 4.69) is 0 Å². The number of fused-ring (bicyclic) bond motifs is 1. The molecule has 1 nitrogen and oxygen atoms in total. The van der Waals surface area contributed by atoms with Crippen molar-refractivity contribution >= 4 is 34.0 Å². The van der Waals surface area contributed by atoms with Gasteiger partial charge in [0.2, 0.25) is 0 Å². The summed E-state index contributed by atoms with van der Waals surface area (Å²) >= 11 is 12.4. The van der Waals surface area contributed by atoms with Crippen molar-refractivity contribution in [1.29, 1.82) is 0 Å². The van der Waals surface area contributed by atoms with Crippen LogP contribution in [-0.4, -0.2) is 0 Å². The molecule has 0 aliphatic heterocycles. The summed E-state index contributed by atoms with van der Waals surface area (Å²) in [5.74, 6) is -0.271. The van der Waals surface area contributed by atoms with Gasteiger partial charge in [-0.3, -0.25) is 0 Å². The number of rotatable bonds is 2. The molecule has 0 radical (unpaired) electrons. The molecule has 0 fully saturated rings. The maximum atomic E-state index is 13.9. The van der Waals surface area contributed by atoms with Crippen LogP contribution in [0.1, 0.15) is 17.2 Å². The zero-order valence-electron chi connectivity index (χ0n) is 11.0. The Morgan fingerprint density at radius 3 is 2.10 bits per heavy atom.